The van der Waals surface area contributed by atoms with E-state index in [4.69, 9.17) is 10.2 Å². The number of phenolic OH excluding ortho intramolecular Hbond substituents is 2. The van der Waals surface area contributed by atoms with Crippen LogP contribution in [-0.2, 0) is 38.6 Å². The van der Waals surface area contributed by atoms with Gasteiger partial charge in [0.25, 0.3) is 0 Å². The second kappa shape index (κ2) is 18.8. The summed E-state index contributed by atoms with van der Waals surface area (Å²) in [4.78, 5) is 0. The summed E-state index contributed by atoms with van der Waals surface area (Å²) in [5, 5.41) is 17.5. The minimum Gasteiger partial charge on any atom is -0.507 e. The molecule has 4 rings (SSSR count). The molecule has 0 unspecified atom stereocenters. The number of hydrogen-bond acceptors (Lipinski definition) is 2. The van der Waals surface area contributed by atoms with Gasteiger partial charge in [0.05, 0.1) is 11.1 Å². The van der Waals surface area contributed by atoms with Crippen LogP contribution in [0, 0.1) is 12.2 Å². The van der Waals surface area contributed by atoms with Crippen molar-refractivity contribution in [1.82, 2.24) is 0 Å². The van der Waals surface area contributed by atoms with Crippen molar-refractivity contribution >= 4 is 0 Å². The van der Waals surface area contributed by atoms with Crippen LogP contribution in [0.15, 0.2) is 83.0 Å². The van der Waals surface area contributed by atoms with Crippen LogP contribution >= 0.6 is 0 Å². The predicted molar refractivity (Wildman–Crippen MR) is 146 cm³/mol. The molecule has 0 heterocycles. The summed E-state index contributed by atoms with van der Waals surface area (Å²) in [6, 6.07) is 8.79. The normalized spacial score (nSPS) is 13.9. The monoisotopic (exact) mass is 656 g/mol. The van der Waals surface area contributed by atoms with E-state index in [1.54, 1.807) is 0 Å². The maximum atomic E-state index is 11.9. The molecule has 0 fully saturated rings. The molecule has 2 nitrogen and oxygen atoms in total. The Balaban J connectivity index is 0.000000518. The van der Waals surface area contributed by atoms with Crippen molar-refractivity contribution in [2.24, 2.45) is 0 Å². The van der Waals surface area contributed by atoms with E-state index in [0.717, 1.165) is 49.9 Å². The van der Waals surface area contributed by atoms with Gasteiger partial charge in [0.15, 0.2) is 0 Å². The van der Waals surface area contributed by atoms with Crippen LogP contribution in [0.1, 0.15) is 77.3 Å². The number of rotatable bonds is 4. The molecular weight excluding hydrogens is 622 g/mol. The molecule has 9 heteroatoms. The Hall–Kier alpha value is -2.54. The van der Waals surface area contributed by atoms with Crippen LogP contribution in [0.5, 0.6) is 11.5 Å². The summed E-state index contributed by atoms with van der Waals surface area (Å²) in [6.45, 7) is 8.73. The van der Waals surface area contributed by atoms with Crippen molar-refractivity contribution in [3.8, 4) is 11.5 Å². The van der Waals surface area contributed by atoms with Gasteiger partial charge >= 0.3 is 38.6 Å². The van der Waals surface area contributed by atoms with Crippen molar-refractivity contribution in [3.05, 3.63) is 106 Å². The van der Waals surface area contributed by atoms with Gasteiger partial charge in [-0.1, -0.05) is 90.5 Å². The van der Waals surface area contributed by atoms with Gasteiger partial charge in [0.1, 0.15) is 11.5 Å². The molecule has 0 aromatic heterocycles. The minimum atomic E-state index is -4.47. The molecule has 2 aliphatic carbocycles. The first-order chi connectivity index (χ1) is 18.8. The van der Waals surface area contributed by atoms with E-state index in [1.165, 1.54) is 59.4 Å². The minimum absolute atomic E-state index is 0. The second-order valence-corrected chi connectivity index (χ2v) is 8.77. The summed E-state index contributed by atoms with van der Waals surface area (Å²) in [5.41, 5.74) is 3.72. The molecule has 0 atom stereocenters. The quantitative estimate of drug-likeness (QED) is 0.254. The van der Waals surface area contributed by atoms with E-state index >= 15 is 0 Å². The SMILES string of the molecule is CCC1=[C-]C(CC)=CC1.CCC1=[C-]C(CC)=CC1.Oc1ccccc1C(F)(F)F.Oc1ccccc1C(F)(F)F.[Zr+2]. The average Bonchev–Trinajstić information content (AvgIpc) is 3.58. The molecule has 2 aromatic carbocycles. The molecule has 0 saturated heterocycles. The number of alkyl halides is 6. The fourth-order valence-corrected chi connectivity index (χ4v) is 3.51. The van der Waals surface area contributed by atoms with Crippen LogP contribution in [-0.4, -0.2) is 10.2 Å². The van der Waals surface area contributed by atoms with Crippen LogP contribution in [0.25, 0.3) is 0 Å². The van der Waals surface area contributed by atoms with Gasteiger partial charge in [-0.25, -0.2) is 35.5 Å². The van der Waals surface area contributed by atoms with E-state index in [0.29, 0.717) is 0 Å². The largest absolute Gasteiger partial charge is 2.00 e. The standard InChI is InChI=1S/2C9H13.2C7H5F3O.Zr/c2*1-3-8-5-6-9(4-2)7-8;2*8-7(9,10)5-3-1-2-4-6(5)11;/h2*5H,3-4,6H2,1-2H3;2*1-4,11H;/q2*-1;;;+2. The molecule has 2 N–H and O–H groups in total. The molecule has 0 spiro atoms. The second-order valence-electron chi connectivity index (χ2n) is 8.77. The summed E-state index contributed by atoms with van der Waals surface area (Å²) >= 11 is 0. The molecule has 0 bridgehead atoms. The van der Waals surface area contributed by atoms with Crippen molar-refractivity contribution in [2.75, 3.05) is 0 Å². The zero-order valence-electron chi connectivity index (χ0n) is 23.7. The number of benzene rings is 2. The van der Waals surface area contributed by atoms with Gasteiger partial charge in [0.2, 0.25) is 0 Å². The topological polar surface area (TPSA) is 40.5 Å². The third-order valence-electron chi connectivity index (χ3n) is 5.90. The van der Waals surface area contributed by atoms with Gasteiger partial charge in [0, 0.05) is 0 Å². The Kier molecular flexibility index (Phi) is 17.6. The first-order valence-corrected chi connectivity index (χ1v) is 13.1. The molecule has 2 aliphatic rings. The summed E-state index contributed by atoms with van der Waals surface area (Å²) < 4.78 is 71.3. The number of para-hydroxylation sites is 2. The molecule has 41 heavy (non-hydrogen) atoms. The summed E-state index contributed by atoms with van der Waals surface area (Å²) in [5.74, 6) is -1.47. The maximum absolute atomic E-state index is 11.9. The van der Waals surface area contributed by atoms with E-state index in [9.17, 15) is 26.3 Å². The Bertz CT molecular complexity index is 1100. The molecule has 0 radical (unpaired) electrons. The summed E-state index contributed by atoms with van der Waals surface area (Å²) in [6.07, 6.45) is 9.28. The first kappa shape index (κ1) is 38.5. The third kappa shape index (κ3) is 14.3. The molecule has 0 aliphatic heterocycles. The maximum Gasteiger partial charge on any atom is 2.00 e. The van der Waals surface area contributed by atoms with E-state index in [1.807, 2.05) is 0 Å². The van der Waals surface area contributed by atoms with Crippen LogP contribution < -0.4 is 0 Å². The van der Waals surface area contributed by atoms with Gasteiger partial charge in [-0.05, 0) is 24.3 Å². The molecule has 0 saturated carbocycles. The van der Waals surface area contributed by atoms with Crippen molar-refractivity contribution in [2.45, 2.75) is 78.6 Å². The summed E-state index contributed by atoms with van der Waals surface area (Å²) in [7, 11) is 0. The Morgan fingerprint density at radius 2 is 0.902 bits per heavy atom. The van der Waals surface area contributed by atoms with Gasteiger partial charge < -0.3 is 10.2 Å². The van der Waals surface area contributed by atoms with Gasteiger partial charge in [-0.15, -0.1) is 0 Å². The van der Waals surface area contributed by atoms with Crippen molar-refractivity contribution in [1.29, 1.82) is 0 Å². The number of allylic oxidation sites excluding steroid dienone is 8. The molecule has 2 aromatic rings. The number of hydrogen-bond donors (Lipinski definition) is 2. The molecule has 222 valence electrons. The van der Waals surface area contributed by atoms with E-state index in [2.05, 4.69) is 52.0 Å². The first-order valence-electron chi connectivity index (χ1n) is 13.1. The van der Waals surface area contributed by atoms with Crippen LogP contribution in [0.3, 0.4) is 0 Å². The van der Waals surface area contributed by atoms with Gasteiger partial charge in [-0.3, -0.25) is 0 Å². The fraction of sp³-hybridized carbons (Fsp3) is 0.375. The Morgan fingerprint density at radius 1 is 0.585 bits per heavy atom. The number of phenols is 2. The number of aromatic hydroxyl groups is 2. The Labute approximate surface area is 258 Å². The average molecular weight is 658 g/mol. The molecule has 0 amide bonds. The smallest absolute Gasteiger partial charge is 0.507 e. The Morgan fingerprint density at radius 3 is 1.07 bits per heavy atom. The van der Waals surface area contributed by atoms with E-state index < -0.39 is 35.0 Å². The molecular formula is C32H36F6O2Zr. The predicted octanol–water partition coefficient (Wildman–Crippen LogP) is 10.6. The van der Waals surface area contributed by atoms with Crippen molar-refractivity contribution < 1.29 is 62.8 Å². The fourth-order valence-electron chi connectivity index (χ4n) is 3.51. The van der Waals surface area contributed by atoms with Gasteiger partial charge in [-0.2, -0.15) is 37.5 Å². The van der Waals surface area contributed by atoms with Crippen LogP contribution in [0.4, 0.5) is 26.3 Å². The van der Waals surface area contributed by atoms with E-state index in [-0.39, 0.29) is 26.2 Å². The zero-order valence-corrected chi connectivity index (χ0v) is 26.1. The van der Waals surface area contributed by atoms with Crippen molar-refractivity contribution in [3.63, 3.8) is 0 Å². The van der Waals surface area contributed by atoms with Crippen LogP contribution in [0.2, 0.25) is 0 Å². The number of halogens is 6. The third-order valence-corrected chi connectivity index (χ3v) is 5.90. The zero-order chi connectivity index (χ0) is 30.3.